The molecule has 0 spiro atoms. The van der Waals surface area contributed by atoms with E-state index in [0.29, 0.717) is 0 Å². The lowest BCUT2D eigenvalue weighted by molar-refractivity contribution is 1.26. The smallest absolute Gasteiger partial charge is 0.248 e. The second kappa shape index (κ2) is 2.85. The quantitative estimate of drug-likeness (QED) is 0.584. The molecule has 2 aromatic heterocycles. The molecule has 1 N–H and O–H groups in total. The molecule has 2 rings (SSSR count). The topological polar surface area (TPSA) is 45.8 Å². The molecule has 0 radical (unpaired) electrons. The fraction of sp³-hybridized carbons (Fsp3) is 0. The summed E-state index contributed by atoms with van der Waals surface area (Å²) in [5.74, 6) is 0. The van der Waals surface area contributed by atoms with Gasteiger partial charge in [0.1, 0.15) is 3.70 Å². The van der Waals surface area contributed by atoms with Gasteiger partial charge in [-0.05, 0) is 40.8 Å². The number of rotatable bonds is 0. The van der Waals surface area contributed by atoms with E-state index in [1.54, 1.807) is 6.07 Å². The van der Waals surface area contributed by atoms with E-state index >= 15 is 0 Å². The van der Waals surface area contributed by atoms with E-state index in [9.17, 15) is 4.79 Å². The van der Waals surface area contributed by atoms with Gasteiger partial charge in [0, 0.05) is 6.07 Å². The van der Waals surface area contributed by atoms with E-state index in [-0.39, 0.29) is 5.56 Å². The Bertz CT molecular complexity index is 478. The van der Waals surface area contributed by atoms with Gasteiger partial charge in [0.05, 0.1) is 11.0 Å². The van der Waals surface area contributed by atoms with Crippen molar-refractivity contribution in [3.05, 3.63) is 38.3 Å². The van der Waals surface area contributed by atoms with Crippen molar-refractivity contribution >= 4 is 33.6 Å². The molecular weight excluding hydrogens is 267 g/mol. The molecule has 0 fully saturated rings. The van der Waals surface area contributed by atoms with E-state index in [1.807, 2.05) is 12.1 Å². The lowest BCUT2D eigenvalue weighted by Gasteiger charge is -1.95. The molecule has 0 aliphatic carbocycles. The molecule has 0 aliphatic heterocycles. The summed E-state index contributed by atoms with van der Waals surface area (Å²) < 4.78 is 0.923. The van der Waals surface area contributed by atoms with E-state index in [0.717, 1.165) is 14.7 Å². The van der Waals surface area contributed by atoms with Crippen LogP contribution in [0.3, 0.4) is 0 Å². The van der Waals surface area contributed by atoms with Gasteiger partial charge in [-0.15, -0.1) is 0 Å². The van der Waals surface area contributed by atoms with Crippen LogP contribution in [-0.4, -0.2) is 9.97 Å². The van der Waals surface area contributed by atoms with Gasteiger partial charge in [-0.25, -0.2) is 4.98 Å². The van der Waals surface area contributed by atoms with Crippen molar-refractivity contribution < 1.29 is 0 Å². The number of aromatic amines is 1. The SMILES string of the molecule is O=c1ccc2nc(I)ccc2[nH]1. The maximum Gasteiger partial charge on any atom is 0.248 e. The number of hydrogen-bond acceptors (Lipinski definition) is 2. The third-order valence-electron chi connectivity index (χ3n) is 1.54. The average molecular weight is 272 g/mol. The van der Waals surface area contributed by atoms with Crippen molar-refractivity contribution in [2.75, 3.05) is 0 Å². The molecular formula is C8H5IN2O. The zero-order valence-electron chi connectivity index (χ0n) is 6.04. The fourth-order valence-corrected chi connectivity index (χ4v) is 1.45. The molecule has 0 atom stereocenters. The Morgan fingerprint density at radius 3 is 2.92 bits per heavy atom. The molecule has 0 saturated heterocycles. The zero-order chi connectivity index (χ0) is 8.55. The van der Waals surface area contributed by atoms with Crippen LogP contribution in [-0.2, 0) is 0 Å². The van der Waals surface area contributed by atoms with E-state index in [2.05, 4.69) is 32.6 Å². The van der Waals surface area contributed by atoms with Gasteiger partial charge in [0.25, 0.3) is 0 Å². The third kappa shape index (κ3) is 1.34. The minimum absolute atomic E-state index is 0.0921. The molecule has 2 aromatic rings. The monoisotopic (exact) mass is 272 g/mol. The largest absolute Gasteiger partial charge is 0.321 e. The maximum atomic E-state index is 10.9. The number of nitrogens with zero attached hydrogens (tertiary/aromatic N) is 1. The van der Waals surface area contributed by atoms with Gasteiger partial charge in [0.2, 0.25) is 5.56 Å². The zero-order valence-corrected chi connectivity index (χ0v) is 8.20. The molecule has 0 amide bonds. The summed E-state index contributed by atoms with van der Waals surface area (Å²) in [7, 11) is 0. The molecule has 3 nitrogen and oxygen atoms in total. The van der Waals surface area contributed by atoms with Gasteiger partial charge in [-0.2, -0.15) is 0 Å². The van der Waals surface area contributed by atoms with Gasteiger partial charge in [-0.1, -0.05) is 0 Å². The van der Waals surface area contributed by atoms with Crippen molar-refractivity contribution in [1.82, 2.24) is 9.97 Å². The number of halogens is 1. The molecule has 0 saturated carbocycles. The van der Waals surface area contributed by atoms with Crippen LogP contribution in [0.5, 0.6) is 0 Å². The minimum atomic E-state index is -0.0921. The molecule has 0 bridgehead atoms. The Morgan fingerprint density at radius 2 is 2.08 bits per heavy atom. The van der Waals surface area contributed by atoms with Crippen molar-refractivity contribution in [3.8, 4) is 0 Å². The number of nitrogens with one attached hydrogen (secondary N) is 1. The number of hydrogen-bond donors (Lipinski definition) is 1. The number of pyridine rings is 2. The molecule has 0 unspecified atom stereocenters. The number of H-pyrrole nitrogens is 1. The van der Waals surface area contributed by atoms with Crippen LogP contribution in [0.25, 0.3) is 11.0 Å². The summed E-state index contributed by atoms with van der Waals surface area (Å²) in [6, 6.07) is 6.91. The Hall–Kier alpha value is -0.910. The van der Waals surface area contributed by atoms with Crippen LogP contribution in [0.4, 0.5) is 0 Å². The van der Waals surface area contributed by atoms with Crippen molar-refractivity contribution in [3.63, 3.8) is 0 Å². The van der Waals surface area contributed by atoms with Crippen molar-refractivity contribution in [2.24, 2.45) is 0 Å². The van der Waals surface area contributed by atoms with E-state index < -0.39 is 0 Å². The van der Waals surface area contributed by atoms with Gasteiger partial charge >= 0.3 is 0 Å². The van der Waals surface area contributed by atoms with Crippen LogP contribution in [0.15, 0.2) is 29.1 Å². The molecule has 2 heterocycles. The molecule has 60 valence electrons. The highest BCUT2D eigenvalue weighted by atomic mass is 127. The summed E-state index contributed by atoms with van der Waals surface area (Å²) in [5, 5.41) is 0. The highest BCUT2D eigenvalue weighted by molar-refractivity contribution is 14.1. The van der Waals surface area contributed by atoms with Gasteiger partial charge in [0.15, 0.2) is 0 Å². The molecule has 0 aliphatic rings. The summed E-state index contributed by atoms with van der Waals surface area (Å²) in [6.45, 7) is 0. The van der Waals surface area contributed by atoms with Gasteiger partial charge < -0.3 is 4.98 Å². The predicted octanol–water partition coefficient (Wildman–Crippen LogP) is 1.53. The third-order valence-corrected chi connectivity index (χ3v) is 2.14. The normalized spacial score (nSPS) is 10.4. The Morgan fingerprint density at radius 1 is 1.25 bits per heavy atom. The predicted molar refractivity (Wildman–Crippen MR) is 55.1 cm³/mol. The Labute approximate surface area is 82.0 Å². The Kier molecular flexibility index (Phi) is 1.84. The average Bonchev–Trinajstić information content (AvgIpc) is 2.05. The van der Waals surface area contributed by atoms with Crippen LogP contribution in [0, 0.1) is 3.70 Å². The highest BCUT2D eigenvalue weighted by Gasteiger charge is 1.94. The first kappa shape index (κ1) is 7.72. The summed E-state index contributed by atoms with van der Waals surface area (Å²) in [5.41, 5.74) is 1.51. The van der Waals surface area contributed by atoms with E-state index in [4.69, 9.17) is 0 Å². The molecule has 0 aromatic carbocycles. The molecule has 4 heteroatoms. The summed E-state index contributed by atoms with van der Waals surface area (Å²) in [4.78, 5) is 17.8. The second-order valence-corrected chi connectivity index (χ2v) is 3.49. The fourth-order valence-electron chi connectivity index (χ4n) is 1.01. The van der Waals surface area contributed by atoms with Crippen LogP contribution in [0.2, 0.25) is 0 Å². The maximum absolute atomic E-state index is 10.9. The van der Waals surface area contributed by atoms with Crippen LogP contribution < -0.4 is 5.56 Å². The first-order valence-corrected chi connectivity index (χ1v) is 4.49. The van der Waals surface area contributed by atoms with Gasteiger partial charge in [-0.3, -0.25) is 4.79 Å². The summed E-state index contributed by atoms with van der Waals surface area (Å²) in [6.07, 6.45) is 0. The lowest BCUT2D eigenvalue weighted by atomic mass is 10.3. The van der Waals surface area contributed by atoms with Crippen LogP contribution in [0.1, 0.15) is 0 Å². The number of fused-ring (bicyclic) bond motifs is 1. The Balaban J connectivity index is 2.87. The van der Waals surface area contributed by atoms with Crippen LogP contribution >= 0.6 is 22.6 Å². The van der Waals surface area contributed by atoms with Crippen molar-refractivity contribution in [1.29, 1.82) is 0 Å². The first-order valence-electron chi connectivity index (χ1n) is 3.41. The van der Waals surface area contributed by atoms with E-state index in [1.165, 1.54) is 6.07 Å². The lowest BCUT2D eigenvalue weighted by Crippen LogP contribution is -2.02. The highest BCUT2D eigenvalue weighted by Crippen LogP contribution is 2.08. The first-order chi connectivity index (χ1) is 5.75. The number of aromatic nitrogens is 2. The minimum Gasteiger partial charge on any atom is -0.321 e. The summed E-state index contributed by atoms with van der Waals surface area (Å²) >= 11 is 2.13. The van der Waals surface area contributed by atoms with Crippen molar-refractivity contribution in [2.45, 2.75) is 0 Å². The second-order valence-electron chi connectivity index (χ2n) is 2.39. The molecule has 12 heavy (non-hydrogen) atoms. The standard InChI is InChI=1S/C8H5IN2O/c9-7-3-1-6-5(10-7)2-4-8(12)11-6/h1-4H,(H,11,12).